The van der Waals surface area contributed by atoms with Gasteiger partial charge in [-0.05, 0) is 19.0 Å². The van der Waals surface area contributed by atoms with E-state index in [1.54, 1.807) is 0 Å². The zero-order valence-corrected chi connectivity index (χ0v) is 10.5. The average molecular weight is 259 g/mol. The zero-order chi connectivity index (χ0) is 12.3. The first kappa shape index (κ1) is 12.5. The van der Waals surface area contributed by atoms with Gasteiger partial charge in [-0.3, -0.25) is 4.68 Å². The summed E-state index contributed by atoms with van der Waals surface area (Å²) in [6.45, 7) is 2.86. The number of hydrogen-bond acceptors (Lipinski definition) is 4. The molecule has 0 amide bonds. The third kappa shape index (κ3) is 3.25. The van der Waals surface area contributed by atoms with Crippen LogP contribution in [0.4, 0.5) is 0 Å². The Morgan fingerprint density at radius 1 is 1.59 bits per heavy atom. The molecule has 0 fully saturated rings. The molecule has 17 heavy (non-hydrogen) atoms. The third-order valence-electron chi connectivity index (χ3n) is 2.66. The maximum absolute atomic E-state index is 11.2. The molecule has 0 bridgehead atoms. The molecule has 96 valence electrons. The second kappa shape index (κ2) is 5.13. The average Bonchev–Trinajstić information content (AvgIpc) is 2.57. The smallest absolute Gasteiger partial charge is 0.277 e. The predicted octanol–water partition coefficient (Wildman–Crippen LogP) is -1.07. The van der Waals surface area contributed by atoms with E-state index < -0.39 is 10.2 Å². The summed E-state index contributed by atoms with van der Waals surface area (Å²) >= 11 is 0. The van der Waals surface area contributed by atoms with Gasteiger partial charge in [0.2, 0.25) is 0 Å². The molecule has 1 aliphatic rings. The van der Waals surface area contributed by atoms with Gasteiger partial charge < -0.3 is 5.32 Å². The fraction of sp³-hybridized carbons (Fsp3) is 0.667. The molecule has 0 aliphatic carbocycles. The molecule has 0 saturated carbocycles. The molecule has 2 rings (SSSR count). The van der Waals surface area contributed by atoms with Crippen LogP contribution >= 0.6 is 0 Å². The van der Waals surface area contributed by atoms with Crippen LogP contribution in [0.25, 0.3) is 0 Å². The second-order valence-corrected chi connectivity index (χ2v) is 5.61. The van der Waals surface area contributed by atoms with Crippen molar-refractivity contribution in [2.75, 3.05) is 13.6 Å². The highest BCUT2D eigenvalue weighted by Gasteiger charge is 2.12. The summed E-state index contributed by atoms with van der Waals surface area (Å²) in [5, 5.41) is 7.66. The first-order valence-electron chi connectivity index (χ1n) is 5.55. The van der Waals surface area contributed by atoms with Crippen molar-refractivity contribution in [1.29, 1.82) is 0 Å². The topological polar surface area (TPSA) is 88.1 Å². The van der Waals surface area contributed by atoms with Crippen molar-refractivity contribution in [3.8, 4) is 0 Å². The van der Waals surface area contributed by atoms with Gasteiger partial charge >= 0.3 is 0 Å². The fourth-order valence-electron chi connectivity index (χ4n) is 1.75. The largest absolute Gasteiger partial charge is 0.311 e. The predicted molar refractivity (Wildman–Crippen MR) is 63.4 cm³/mol. The van der Waals surface area contributed by atoms with E-state index in [1.165, 1.54) is 7.05 Å². The molecule has 0 aromatic carbocycles. The van der Waals surface area contributed by atoms with E-state index in [2.05, 4.69) is 19.9 Å². The van der Waals surface area contributed by atoms with Crippen LogP contribution in [-0.4, -0.2) is 31.8 Å². The standard InChI is InChI=1S/C9H17N5O2S/c1-10-17(15,16)12-6-8-5-9-7-11-3-2-4-14(9)13-8/h5,10-12H,2-4,6-7H2,1H3. The Morgan fingerprint density at radius 3 is 3.18 bits per heavy atom. The lowest BCUT2D eigenvalue weighted by molar-refractivity contribution is 0.564. The summed E-state index contributed by atoms with van der Waals surface area (Å²) in [6.07, 6.45) is 1.04. The number of nitrogens with zero attached hydrogens (tertiary/aromatic N) is 2. The number of rotatable bonds is 4. The fourth-order valence-corrected chi connectivity index (χ4v) is 2.23. The quantitative estimate of drug-likeness (QED) is 0.642. The maximum Gasteiger partial charge on any atom is 0.277 e. The van der Waals surface area contributed by atoms with Gasteiger partial charge in [-0.2, -0.15) is 18.2 Å². The Bertz CT molecular complexity index is 458. The van der Waals surface area contributed by atoms with Crippen LogP contribution in [0.1, 0.15) is 17.8 Å². The van der Waals surface area contributed by atoms with Gasteiger partial charge in [-0.15, -0.1) is 0 Å². The molecule has 0 spiro atoms. The molecule has 3 N–H and O–H groups in total. The molecule has 0 unspecified atom stereocenters. The Morgan fingerprint density at radius 2 is 2.41 bits per heavy atom. The van der Waals surface area contributed by atoms with E-state index in [9.17, 15) is 8.42 Å². The minimum Gasteiger partial charge on any atom is -0.311 e. The van der Waals surface area contributed by atoms with Crippen LogP contribution in [0.3, 0.4) is 0 Å². The second-order valence-electron chi connectivity index (χ2n) is 3.91. The molecular formula is C9H17N5O2S. The number of aromatic nitrogens is 2. The van der Waals surface area contributed by atoms with Gasteiger partial charge in [0, 0.05) is 20.1 Å². The van der Waals surface area contributed by atoms with Gasteiger partial charge in [-0.25, -0.2) is 4.72 Å². The van der Waals surface area contributed by atoms with Crippen LogP contribution in [0.5, 0.6) is 0 Å². The minimum absolute atomic E-state index is 0.211. The van der Waals surface area contributed by atoms with Crippen LogP contribution < -0.4 is 14.8 Å². The lowest BCUT2D eigenvalue weighted by Gasteiger charge is -2.02. The molecule has 0 radical (unpaired) electrons. The van der Waals surface area contributed by atoms with E-state index >= 15 is 0 Å². The van der Waals surface area contributed by atoms with Crippen LogP contribution in [0, 0.1) is 0 Å². The van der Waals surface area contributed by atoms with Crippen molar-refractivity contribution in [1.82, 2.24) is 24.5 Å². The van der Waals surface area contributed by atoms with E-state index in [-0.39, 0.29) is 6.54 Å². The van der Waals surface area contributed by atoms with Crippen molar-refractivity contribution < 1.29 is 8.42 Å². The summed E-state index contributed by atoms with van der Waals surface area (Å²) < 4.78 is 28.9. The maximum atomic E-state index is 11.2. The van der Waals surface area contributed by atoms with Crippen LogP contribution in [0.2, 0.25) is 0 Å². The molecule has 7 nitrogen and oxygen atoms in total. The minimum atomic E-state index is -3.39. The lowest BCUT2D eigenvalue weighted by Crippen LogP contribution is -2.33. The first-order chi connectivity index (χ1) is 8.11. The number of fused-ring (bicyclic) bond motifs is 1. The highest BCUT2D eigenvalue weighted by atomic mass is 32.2. The molecule has 1 aromatic heterocycles. The van der Waals surface area contributed by atoms with E-state index in [0.29, 0.717) is 0 Å². The van der Waals surface area contributed by atoms with Gasteiger partial charge in [0.05, 0.1) is 17.9 Å². The summed E-state index contributed by atoms with van der Waals surface area (Å²) in [4.78, 5) is 0. The molecule has 1 aliphatic heterocycles. The third-order valence-corrected chi connectivity index (χ3v) is 3.72. The number of aryl methyl sites for hydroxylation is 1. The Balaban J connectivity index is 2.03. The summed E-state index contributed by atoms with van der Waals surface area (Å²) in [5.41, 5.74) is 1.84. The normalized spacial score (nSPS) is 16.5. The molecule has 1 aromatic rings. The van der Waals surface area contributed by atoms with Crippen LogP contribution in [0.15, 0.2) is 6.07 Å². The Labute approximate surface area is 101 Å². The molecule has 2 heterocycles. The summed E-state index contributed by atoms with van der Waals surface area (Å²) in [6, 6.07) is 1.93. The van der Waals surface area contributed by atoms with Gasteiger partial charge in [0.15, 0.2) is 0 Å². The molecule has 0 atom stereocenters. The number of nitrogens with one attached hydrogen (secondary N) is 3. The molecule has 8 heteroatoms. The van der Waals surface area contributed by atoms with Gasteiger partial charge in [0.1, 0.15) is 0 Å². The van der Waals surface area contributed by atoms with Gasteiger partial charge in [-0.1, -0.05) is 0 Å². The van der Waals surface area contributed by atoms with E-state index in [0.717, 1.165) is 37.4 Å². The Hall–Kier alpha value is -0.960. The van der Waals surface area contributed by atoms with Crippen molar-refractivity contribution >= 4 is 10.2 Å². The highest BCUT2D eigenvalue weighted by Crippen LogP contribution is 2.08. The first-order valence-corrected chi connectivity index (χ1v) is 7.03. The molecular weight excluding hydrogens is 242 g/mol. The lowest BCUT2D eigenvalue weighted by atomic mass is 10.3. The summed E-state index contributed by atoms with van der Waals surface area (Å²) in [7, 11) is -2.02. The van der Waals surface area contributed by atoms with Crippen LogP contribution in [-0.2, 0) is 29.8 Å². The SMILES string of the molecule is CNS(=O)(=O)NCc1cc2n(n1)CCCNC2. The van der Waals surface area contributed by atoms with E-state index in [4.69, 9.17) is 0 Å². The molecule has 0 saturated heterocycles. The number of hydrogen-bond donors (Lipinski definition) is 3. The van der Waals surface area contributed by atoms with Crippen molar-refractivity contribution in [2.24, 2.45) is 0 Å². The monoisotopic (exact) mass is 259 g/mol. The van der Waals surface area contributed by atoms with Crippen molar-refractivity contribution in [3.05, 3.63) is 17.5 Å². The highest BCUT2D eigenvalue weighted by molar-refractivity contribution is 7.87. The Kier molecular flexibility index (Phi) is 3.77. The zero-order valence-electron chi connectivity index (χ0n) is 9.73. The van der Waals surface area contributed by atoms with Crippen molar-refractivity contribution in [3.63, 3.8) is 0 Å². The van der Waals surface area contributed by atoms with E-state index in [1.807, 2.05) is 10.7 Å². The van der Waals surface area contributed by atoms with Gasteiger partial charge in [0.25, 0.3) is 10.2 Å². The van der Waals surface area contributed by atoms with Crippen molar-refractivity contribution in [2.45, 2.75) is 26.1 Å². The summed E-state index contributed by atoms with van der Waals surface area (Å²) in [5.74, 6) is 0.